The summed E-state index contributed by atoms with van der Waals surface area (Å²) in [5, 5.41) is 0. The summed E-state index contributed by atoms with van der Waals surface area (Å²) in [6, 6.07) is 0.635. The molecule has 1 aliphatic carbocycles. The summed E-state index contributed by atoms with van der Waals surface area (Å²) in [6.45, 7) is 8.03. The van der Waals surface area contributed by atoms with Gasteiger partial charge in [-0.25, -0.2) is 0 Å². The lowest BCUT2D eigenvalue weighted by Gasteiger charge is -2.46. The van der Waals surface area contributed by atoms with Gasteiger partial charge in [-0.15, -0.1) is 0 Å². The predicted octanol–water partition coefficient (Wildman–Crippen LogP) is 1.07. The van der Waals surface area contributed by atoms with Crippen LogP contribution in [0, 0.1) is 11.3 Å². The van der Waals surface area contributed by atoms with E-state index >= 15 is 0 Å². The molecule has 1 spiro atoms. The van der Waals surface area contributed by atoms with Crippen molar-refractivity contribution in [2.45, 2.75) is 32.7 Å². The average Bonchev–Trinajstić information content (AvgIpc) is 2.66. The van der Waals surface area contributed by atoms with Crippen molar-refractivity contribution in [1.29, 1.82) is 0 Å². The molecule has 1 saturated carbocycles. The lowest BCUT2D eigenvalue weighted by Crippen LogP contribution is -2.57. The summed E-state index contributed by atoms with van der Waals surface area (Å²) >= 11 is 0. The summed E-state index contributed by atoms with van der Waals surface area (Å²) in [5.74, 6) is 0.714. The maximum atomic E-state index is 5.75. The van der Waals surface area contributed by atoms with Crippen molar-refractivity contribution >= 4 is 0 Å². The topological polar surface area (TPSA) is 29.3 Å². The number of nitrogens with two attached hydrogens (primary N) is 1. The van der Waals surface area contributed by atoms with Gasteiger partial charge in [-0.1, -0.05) is 13.8 Å². The Kier molecular flexibility index (Phi) is 1.92. The van der Waals surface area contributed by atoms with E-state index in [-0.39, 0.29) is 0 Å². The molecule has 0 aromatic carbocycles. The molecule has 0 aromatic rings. The molecule has 12 heavy (non-hydrogen) atoms. The zero-order valence-corrected chi connectivity index (χ0v) is 8.21. The highest BCUT2D eigenvalue weighted by molar-refractivity contribution is 5.07. The third-order valence-electron chi connectivity index (χ3n) is 3.51. The molecule has 0 amide bonds. The first-order valence-electron chi connectivity index (χ1n) is 5.11. The van der Waals surface area contributed by atoms with Gasteiger partial charge in [0.05, 0.1) is 0 Å². The molecule has 1 saturated heterocycles. The Hall–Kier alpha value is -0.0800. The second kappa shape index (κ2) is 2.71. The maximum Gasteiger partial charge on any atom is 0.0241 e. The number of hydrogen-bond donors (Lipinski definition) is 1. The quantitative estimate of drug-likeness (QED) is 0.683. The minimum Gasteiger partial charge on any atom is -0.329 e. The fourth-order valence-electron chi connectivity index (χ4n) is 2.39. The van der Waals surface area contributed by atoms with E-state index in [0.717, 1.165) is 12.0 Å². The van der Waals surface area contributed by atoms with Gasteiger partial charge in [-0.2, -0.15) is 0 Å². The lowest BCUT2D eigenvalue weighted by atomic mass is 9.90. The first kappa shape index (κ1) is 8.52. The molecule has 70 valence electrons. The van der Waals surface area contributed by atoms with Crippen molar-refractivity contribution in [3.05, 3.63) is 0 Å². The Morgan fingerprint density at radius 3 is 2.25 bits per heavy atom. The van der Waals surface area contributed by atoms with E-state index < -0.39 is 0 Å². The van der Waals surface area contributed by atoms with Crippen LogP contribution in [-0.2, 0) is 0 Å². The molecule has 2 fully saturated rings. The molecular weight excluding hydrogens is 148 g/mol. The number of nitrogens with zero attached hydrogens (tertiary/aromatic N) is 1. The molecule has 1 aliphatic heterocycles. The van der Waals surface area contributed by atoms with Crippen LogP contribution in [0.2, 0.25) is 0 Å². The third kappa shape index (κ3) is 1.27. The zero-order chi connectivity index (χ0) is 8.77. The van der Waals surface area contributed by atoms with Gasteiger partial charge >= 0.3 is 0 Å². The maximum absolute atomic E-state index is 5.75. The van der Waals surface area contributed by atoms with Crippen LogP contribution in [0.25, 0.3) is 0 Å². The SMILES string of the molecule is CC(C)C(CN)N1CC2(CC2)C1. The fraction of sp³-hybridized carbons (Fsp3) is 1.00. The smallest absolute Gasteiger partial charge is 0.0241 e. The second-order valence-electron chi connectivity index (χ2n) is 4.95. The van der Waals surface area contributed by atoms with Crippen LogP contribution in [0.4, 0.5) is 0 Å². The van der Waals surface area contributed by atoms with Crippen LogP contribution >= 0.6 is 0 Å². The molecule has 2 heteroatoms. The van der Waals surface area contributed by atoms with Gasteiger partial charge in [-0.3, -0.25) is 4.90 Å². The number of likely N-dealkylation sites (tertiary alicyclic amines) is 1. The summed E-state index contributed by atoms with van der Waals surface area (Å²) in [7, 11) is 0. The third-order valence-corrected chi connectivity index (χ3v) is 3.51. The van der Waals surface area contributed by atoms with Gasteiger partial charge < -0.3 is 5.73 Å². The molecule has 2 N–H and O–H groups in total. The first-order chi connectivity index (χ1) is 5.67. The Morgan fingerprint density at radius 1 is 1.33 bits per heavy atom. The Labute approximate surface area is 75.1 Å². The van der Waals surface area contributed by atoms with Crippen molar-refractivity contribution in [1.82, 2.24) is 4.90 Å². The molecule has 2 aliphatic rings. The largest absolute Gasteiger partial charge is 0.329 e. The monoisotopic (exact) mass is 168 g/mol. The Bertz CT molecular complexity index is 165. The van der Waals surface area contributed by atoms with Gasteiger partial charge in [0.15, 0.2) is 0 Å². The van der Waals surface area contributed by atoms with E-state index in [1.54, 1.807) is 0 Å². The predicted molar refractivity (Wildman–Crippen MR) is 50.9 cm³/mol. The van der Waals surface area contributed by atoms with Crippen molar-refractivity contribution < 1.29 is 0 Å². The molecule has 2 nitrogen and oxygen atoms in total. The molecule has 1 heterocycles. The Balaban J connectivity index is 1.84. The highest BCUT2D eigenvalue weighted by Crippen LogP contribution is 2.53. The van der Waals surface area contributed by atoms with Crippen LogP contribution in [0.5, 0.6) is 0 Å². The molecule has 1 unspecified atom stereocenters. The standard InChI is InChI=1S/C10H20N2/c1-8(2)9(5-11)12-6-10(7-12)3-4-10/h8-9H,3-7,11H2,1-2H3. The summed E-state index contributed by atoms with van der Waals surface area (Å²) in [4.78, 5) is 2.57. The molecule has 0 aromatic heterocycles. The number of rotatable bonds is 3. The van der Waals surface area contributed by atoms with Gasteiger partial charge in [0.2, 0.25) is 0 Å². The van der Waals surface area contributed by atoms with Gasteiger partial charge in [0, 0.05) is 25.7 Å². The van der Waals surface area contributed by atoms with E-state index in [4.69, 9.17) is 5.73 Å². The molecule has 0 bridgehead atoms. The highest BCUT2D eigenvalue weighted by Gasteiger charge is 2.53. The minimum absolute atomic E-state index is 0.635. The highest BCUT2D eigenvalue weighted by atomic mass is 15.3. The van der Waals surface area contributed by atoms with E-state index in [0.29, 0.717) is 12.0 Å². The minimum atomic E-state index is 0.635. The number of hydrogen-bond acceptors (Lipinski definition) is 2. The van der Waals surface area contributed by atoms with Crippen molar-refractivity contribution in [3.63, 3.8) is 0 Å². The molecule has 1 atom stereocenters. The summed E-state index contributed by atoms with van der Waals surface area (Å²) < 4.78 is 0. The lowest BCUT2D eigenvalue weighted by molar-refractivity contribution is 0.0207. The molecule has 2 rings (SSSR count). The average molecular weight is 168 g/mol. The van der Waals surface area contributed by atoms with Crippen molar-refractivity contribution in [3.8, 4) is 0 Å². The normalized spacial score (nSPS) is 29.0. The summed E-state index contributed by atoms with van der Waals surface area (Å²) in [6.07, 6.45) is 2.94. The van der Waals surface area contributed by atoms with E-state index in [1.807, 2.05) is 0 Å². The van der Waals surface area contributed by atoms with E-state index in [2.05, 4.69) is 18.7 Å². The zero-order valence-electron chi connectivity index (χ0n) is 8.21. The van der Waals surface area contributed by atoms with Crippen LogP contribution in [0.3, 0.4) is 0 Å². The summed E-state index contributed by atoms with van der Waals surface area (Å²) in [5.41, 5.74) is 6.53. The van der Waals surface area contributed by atoms with E-state index in [1.165, 1.54) is 25.9 Å². The van der Waals surface area contributed by atoms with Crippen molar-refractivity contribution in [2.24, 2.45) is 17.1 Å². The van der Waals surface area contributed by atoms with Gasteiger partial charge in [-0.05, 0) is 24.2 Å². The van der Waals surface area contributed by atoms with Gasteiger partial charge in [0.25, 0.3) is 0 Å². The van der Waals surface area contributed by atoms with Crippen molar-refractivity contribution in [2.75, 3.05) is 19.6 Å². The first-order valence-corrected chi connectivity index (χ1v) is 5.11. The van der Waals surface area contributed by atoms with Crippen LogP contribution in [0.1, 0.15) is 26.7 Å². The Morgan fingerprint density at radius 2 is 1.92 bits per heavy atom. The van der Waals surface area contributed by atoms with Crippen LogP contribution < -0.4 is 5.73 Å². The fourth-order valence-corrected chi connectivity index (χ4v) is 2.39. The molecular formula is C10H20N2. The van der Waals surface area contributed by atoms with Gasteiger partial charge in [0.1, 0.15) is 0 Å². The second-order valence-corrected chi connectivity index (χ2v) is 4.95. The van der Waals surface area contributed by atoms with Crippen LogP contribution in [-0.4, -0.2) is 30.6 Å². The molecule has 0 radical (unpaired) electrons. The van der Waals surface area contributed by atoms with E-state index in [9.17, 15) is 0 Å². The van der Waals surface area contributed by atoms with Crippen LogP contribution in [0.15, 0.2) is 0 Å².